The lowest BCUT2D eigenvalue weighted by molar-refractivity contribution is -0.696. The highest BCUT2D eigenvalue weighted by Crippen LogP contribution is 2.09. The number of unbranched alkanes of at least 4 members (excludes halogenated alkanes) is 4. The first-order valence-electron chi connectivity index (χ1n) is 8.61. The first kappa shape index (κ1) is 16.6. The normalized spacial score (nSPS) is 10.8. The van der Waals surface area contributed by atoms with E-state index in [1.165, 1.54) is 25.7 Å². The maximum Gasteiger partial charge on any atom is 0.243 e. The highest BCUT2D eigenvalue weighted by Gasteiger charge is 2.03. The molecule has 1 heterocycles. The van der Waals surface area contributed by atoms with E-state index in [-0.39, 0.29) is 0 Å². The molecule has 0 atom stereocenters. The maximum absolute atomic E-state index is 5.71. The van der Waals surface area contributed by atoms with Crippen LogP contribution in [0.2, 0.25) is 0 Å². The van der Waals surface area contributed by atoms with Gasteiger partial charge in [0.2, 0.25) is 6.33 Å². The molecule has 0 aliphatic heterocycles. The van der Waals surface area contributed by atoms with Crippen molar-refractivity contribution < 1.29 is 9.30 Å². The molecule has 0 spiro atoms. The summed E-state index contributed by atoms with van der Waals surface area (Å²) in [7, 11) is 0. The van der Waals surface area contributed by atoms with Gasteiger partial charge in [0, 0.05) is 0 Å². The molecule has 2 rings (SSSR count). The van der Waals surface area contributed by atoms with E-state index in [1.54, 1.807) is 0 Å². The van der Waals surface area contributed by atoms with Gasteiger partial charge < -0.3 is 4.74 Å². The monoisotopic (exact) mass is 301 g/mol. The van der Waals surface area contributed by atoms with Crippen LogP contribution in [-0.2, 0) is 13.1 Å². The summed E-state index contributed by atoms with van der Waals surface area (Å²) in [4.78, 5) is 0. The summed E-state index contributed by atoms with van der Waals surface area (Å²) in [6, 6.07) is 10.0. The fourth-order valence-corrected chi connectivity index (χ4v) is 2.53. The van der Waals surface area contributed by atoms with Gasteiger partial charge in [-0.3, -0.25) is 0 Å². The van der Waals surface area contributed by atoms with Gasteiger partial charge in [0.05, 0.1) is 19.7 Å². The molecule has 0 fully saturated rings. The van der Waals surface area contributed by atoms with Gasteiger partial charge in [0.1, 0.15) is 18.1 Å². The average Bonchev–Trinajstić information content (AvgIpc) is 3.00. The summed E-state index contributed by atoms with van der Waals surface area (Å²) in [5.74, 6) is 0.966. The number of benzene rings is 1. The second-order valence-electron chi connectivity index (χ2n) is 5.82. The smallest absolute Gasteiger partial charge is 0.243 e. The highest BCUT2D eigenvalue weighted by atomic mass is 16.5. The Kier molecular flexibility index (Phi) is 7.57. The van der Waals surface area contributed by atoms with Crippen LogP contribution in [0.3, 0.4) is 0 Å². The van der Waals surface area contributed by atoms with E-state index in [0.29, 0.717) is 0 Å². The van der Waals surface area contributed by atoms with E-state index in [9.17, 15) is 0 Å². The molecule has 0 bridgehead atoms. The van der Waals surface area contributed by atoms with Crippen molar-refractivity contribution in [2.75, 3.05) is 6.61 Å². The second kappa shape index (κ2) is 10.0. The standard InChI is InChI=1S/C19H29N2O/c1-2-3-4-8-13-20-15-16-21(18-20)14-9-10-17-22-19-11-6-5-7-12-19/h5-7,11-12,15-16,18H,2-4,8-10,13-14,17H2,1H3/q+1. The molecule has 0 aliphatic carbocycles. The lowest BCUT2D eigenvalue weighted by Crippen LogP contribution is -2.30. The lowest BCUT2D eigenvalue weighted by atomic mass is 10.2. The molecule has 0 saturated heterocycles. The molecule has 0 amide bonds. The van der Waals surface area contributed by atoms with Crippen LogP contribution < -0.4 is 9.30 Å². The Morgan fingerprint density at radius 2 is 1.86 bits per heavy atom. The summed E-state index contributed by atoms with van der Waals surface area (Å²) in [5.41, 5.74) is 0. The molecule has 0 unspecified atom stereocenters. The molecular formula is C19H29N2O+. The van der Waals surface area contributed by atoms with Crippen molar-refractivity contribution in [2.24, 2.45) is 0 Å². The quantitative estimate of drug-likeness (QED) is 0.449. The zero-order valence-electron chi connectivity index (χ0n) is 13.8. The van der Waals surface area contributed by atoms with Crippen molar-refractivity contribution in [1.29, 1.82) is 0 Å². The van der Waals surface area contributed by atoms with Crippen LogP contribution in [-0.4, -0.2) is 11.2 Å². The van der Waals surface area contributed by atoms with Gasteiger partial charge >= 0.3 is 0 Å². The van der Waals surface area contributed by atoms with Crippen molar-refractivity contribution in [3.8, 4) is 5.75 Å². The summed E-state index contributed by atoms with van der Waals surface area (Å²) in [6.07, 6.45) is 14.1. The predicted octanol–water partition coefficient (Wildman–Crippen LogP) is 4.22. The van der Waals surface area contributed by atoms with Gasteiger partial charge in [-0.2, -0.15) is 0 Å². The van der Waals surface area contributed by atoms with Crippen molar-refractivity contribution in [1.82, 2.24) is 4.57 Å². The fourth-order valence-electron chi connectivity index (χ4n) is 2.53. The lowest BCUT2D eigenvalue weighted by Gasteiger charge is -2.04. The van der Waals surface area contributed by atoms with Crippen LogP contribution >= 0.6 is 0 Å². The molecule has 120 valence electrons. The largest absolute Gasteiger partial charge is 0.494 e. The predicted molar refractivity (Wildman–Crippen MR) is 89.9 cm³/mol. The molecule has 0 radical (unpaired) electrons. The number of imidazole rings is 1. The first-order valence-corrected chi connectivity index (χ1v) is 8.61. The minimum absolute atomic E-state index is 0.794. The first-order chi connectivity index (χ1) is 10.9. The minimum Gasteiger partial charge on any atom is -0.494 e. The second-order valence-corrected chi connectivity index (χ2v) is 5.82. The Balaban J connectivity index is 1.56. The van der Waals surface area contributed by atoms with E-state index in [4.69, 9.17) is 4.74 Å². The molecule has 22 heavy (non-hydrogen) atoms. The van der Waals surface area contributed by atoms with Crippen LogP contribution in [0.1, 0.15) is 45.4 Å². The number of nitrogens with zero attached hydrogens (tertiary/aromatic N) is 2. The fraction of sp³-hybridized carbons (Fsp3) is 0.526. The highest BCUT2D eigenvalue weighted by molar-refractivity contribution is 5.20. The van der Waals surface area contributed by atoms with Gasteiger partial charge in [0.15, 0.2) is 0 Å². The number of aromatic nitrogens is 2. The number of para-hydroxylation sites is 1. The molecule has 1 aromatic heterocycles. The molecule has 2 aromatic rings. The van der Waals surface area contributed by atoms with Gasteiger partial charge in [-0.15, -0.1) is 0 Å². The van der Waals surface area contributed by atoms with Crippen LogP contribution in [0.4, 0.5) is 0 Å². The Morgan fingerprint density at radius 1 is 1.00 bits per heavy atom. The van der Waals surface area contributed by atoms with Gasteiger partial charge in [-0.05, 0) is 37.8 Å². The van der Waals surface area contributed by atoms with E-state index < -0.39 is 0 Å². The van der Waals surface area contributed by atoms with Gasteiger partial charge in [-0.1, -0.05) is 38.0 Å². The summed E-state index contributed by atoms with van der Waals surface area (Å²) >= 11 is 0. The minimum atomic E-state index is 0.794. The van der Waals surface area contributed by atoms with Crippen molar-refractivity contribution >= 4 is 0 Å². The topological polar surface area (TPSA) is 18.0 Å². The Hall–Kier alpha value is -1.77. The van der Waals surface area contributed by atoms with Crippen molar-refractivity contribution in [3.05, 3.63) is 49.1 Å². The van der Waals surface area contributed by atoms with Crippen molar-refractivity contribution in [2.45, 2.75) is 58.5 Å². The molecule has 0 saturated carbocycles. The zero-order valence-corrected chi connectivity index (χ0v) is 13.8. The Bertz CT molecular complexity index is 507. The number of hydrogen-bond donors (Lipinski definition) is 0. The summed E-state index contributed by atoms with van der Waals surface area (Å²) in [6.45, 7) is 5.26. The zero-order chi connectivity index (χ0) is 15.5. The van der Waals surface area contributed by atoms with Gasteiger partial charge in [0.25, 0.3) is 0 Å². The van der Waals surface area contributed by atoms with Crippen LogP contribution in [0, 0.1) is 0 Å². The average molecular weight is 301 g/mol. The van der Waals surface area contributed by atoms with Crippen molar-refractivity contribution in [3.63, 3.8) is 0 Å². The Labute approximate surface area is 134 Å². The number of ether oxygens (including phenoxy) is 1. The molecule has 3 nitrogen and oxygen atoms in total. The van der Waals surface area contributed by atoms with E-state index in [0.717, 1.165) is 38.3 Å². The third kappa shape index (κ3) is 6.33. The summed E-state index contributed by atoms with van der Waals surface area (Å²) < 4.78 is 10.3. The third-order valence-corrected chi connectivity index (χ3v) is 3.84. The van der Waals surface area contributed by atoms with E-state index >= 15 is 0 Å². The SMILES string of the molecule is CCCCCC[n+]1ccn(CCCCOc2ccccc2)c1. The van der Waals surface area contributed by atoms with E-state index in [1.807, 2.05) is 30.3 Å². The molecule has 0 aliphatic rings. The number of hydrogen-bond acceptors (Lipinski definition) is 1. The number of aryl methyl sites for hydroxylation is 2. The maximum atomic E-state index is 5.71. The number of rotatable bonds is 11. The van der Waals surface area contributed by atoms with Crippen LogP contribution in [0.5, 0.6) is 5.75 Å². The summed E-state index contributed by atoms with van der Waals surface area (Å²) in [5, 5.41) is 0. The molecule has 1 aromatic carbocycles. The molecule has 3 heteroatoms. The third-order valence-electron chi connectivity index (χ3n) is 3.84. The van der Waals surface area contributed by atoms with E-state index in [2.05, 4.69) is 34.8 Å². The van der Waals surface area contributed by atoms with Crippen LogP contribution in [0.25, 0.3) is 0 Å². The van der Waals surface area contributed by atoms with Crippen LogP contribution in [0.15, 0.2) is 49.1 Å². The molecule has 0 N–H and O–H groups in total. The molecular weight excluding hydrogens is 272 g/mol. The van der Waals surface area contributed by atoms with Gasteiger partial charge in [-0.25, -0.2) is 9.13 Å². The Morgan fingerprint density at radius 3 is 2.68 bits per heavy atom.